The number of anilines is 1. The number of Topliss-reactive ketones (excluding diaryl/α,β-unsaturated/α-hetero) is 1. The standard InChI is InChI=1S/C29H29NO6/c1-17(2)16-36-24-14-7-20(15-18(24)3)27(32)25-26(19-5-10-22(31)11-6-19)30(29(34)28(25)33)21-8-12-23(35-4)13-9-21/h5-15,17,26,31-32H,16H2,1-4H3/b27-25-. The third kappa shape index (κ3) is 4.77. The summed E-state index contributed by atoms with van der Waals surface area (Å²) >= 11 is 0. The van der Waals surface area contributed by atoms with Crippen LogP contribution in [-0.2, 0) is 9.59 Å². The number of aromatic hydroxyl groups is 1. The van der Waals surface area contributed by atoms with Gasteiger partial charge in [-0.3, -0.25) is 14.5 Å². The van der Waals surface area contributed by atoms with E-state index >= 15 is 0 Å². The van der Waals surface area contributed by atoms with Crippen LogP contribution in [-0.4, -0.2) is 35.6 Å². The molecule has 1 amide bonds. The molecule has 4 rings (SSSR count). The fourth-order valence-corrected chi connectivity index (χ4v) is 4.18. The largest absolute Gasteiger partial charge is 0.508 e. The number of aryl methyl sites for hydroxylation is 1. The number of carbonyl (C=O) groups is 2. The molecule has 1 saturated heterocycles. The molecule has 1 atom stereocenters. The number of ether oxygens (including phenoxy) is 2. The molecule has 7 heteroatoms. The molecule has 0 aromatic heterocycles. The maximum absolute atomic E-state index is 13.3. The number of phenols is 1. The molecule has 1 fully saturated rings. The highest BCUT2D eigenvalue weighted by Crippen LogP contribution is 2.43. The number of aliphatic hydroxyl groups is 1. The van der Waals surface area contributed by atoms with E-state index in [2.05, 4.69) is 13.8 Å². The molecule has 0 spiro atoms. The van der Waals surface area contributed by atoms with Gasteiger partial charge < -0.3 is 19.7 Å². The first-order valence-corrected chi connectivity index (χ1v) is 11.7. The predicted molar refractivity (Wildman–Crippen MR) is 137 cm³/mol. The number of phenolic OH excluding ortho intramolecular Hbond substituents is 1. The summed E-state index contributed by atoms with van der Waals surface area (Å²) in [6.45, 7) is 6.53. The maximum atomic E-state index is 13.3. The van der Waals surface area contributed by atoms with E-state index in [1.54, 1.807) is 61.7 Å². The van der Waals surface area contributed by atoms with Crippen molar-refractivity contribution in [3.05, 3.63) is 89.0 Å². The molecule has 1 heterocycles. The summed E-state index contributed by atoms with van der Waals surface area (Å²) < 4.78 is 11.0. The fraction of sp³-hybridized carbons (Fsp3) is 0.241. The highest BCUT2D eigenvalue weighted by molar-refractivity contribution is 6.51. The van der Waals surface area contributed by atoms with Gasteiger partial charge in [0.05, 0.1) is 25.3 Å². The van der Waals surface area contributed by atoms with E-state index in [0.717, 1.165) is 5.56 Å². The van der Waals surface area contributed by atoms with E-state index in [4.69, 9.17) is 9.47 Å². The van der Waals surface area contributed by atoms with E-state index in [0.29, 0.717) is 40.8 Å². The summed E-state index contributed by atoms with van der Waals surface area (Å²) in [4.78, 5) is 27.9. The third-order valence-corrected chi connectivity index (χ3v) is 6.02. The van der Waals surface area contributed by atoms with Crippen molar-refractivity contribution in [1.82, 2.24) is 0 Å². The molecule has 7 nitrogen and oxygen atoms in total. The van der Waals surface area contributed by atoms with Crippen molar-refractivity contribution >= 4 is 23.1 Å². The minimum Gasteiger partial charge on any atom is -0.508 e. The quantitative estimate of drug-likeness (QED) is 0.264. The van der Waals surface area contributed by atoms with E-state index in [1.165, 1.54) is 17.0 Å². The Morgan fingerprint density at radius 2 is 1.67 bits per heavy atom. The van der Waals surface area contributed by atoms with Crippen molar-refractivity contribution in [3.63, 3.8) is 0 Å². The first kappa shape index (κ1) is 24.9. The van der Waals surface area contributed by atoms with Gasteiger partial charge >= 0.3 is 0 Å². The molecule has 0 bridgehead atoms. The van der Waals surface area contributed by atoms with E-state index in [1.807, 2.05) is 6.92 Å². The maximum Gasteiger partial charge on any atom is 0.300 e. The fourth-order valence-electron chi connectivity index (χ4n) is 4.18. The number of amides is 1. The first-order valence-electron chi connectivity index (χ1n) is 11.7. The van der Waals surface area contributed by atoms with Gasteiger partial charge in [0.1, 0.15) is 23.0 Å². The molecule has 0 radical (unpaired) electrons. The number of benzene rings is 3. The van der Waals surface area contributed by atoms with Crippen molar-refractivity contribution in [1.29, 1.82) is 0 Å². The normalized spacial score (nSPS) is 17.0. The molecule has 1 aliphatic rings. The van der Waals surface area contributed by atoms with Crippen LogP contribution in [0.5, 0.6) is 17.2 Å². The average molecular weight is 488 g/mol. The van der Waals surface area contributed by atoms with Gasteiger partial charge in [-0.25, -0.2) is 0 Å². The molecule has 0 saturated carbocycles. The molecule has 1 aliphatic heterocycles. The number of carbonyl (C=O) groups excluding carboxylic acids is 2. The lowest BCUT2D eigenvalue weighted by Gasteiger charge is -2.25. The average Bonchev–Trinajstić information content (AvgIpc) is 3.13. The molecule has 0 aliphatic carbocycles. The lowest BCUT2D eigenvalue weighted by molar-refractivity contribution is -0.132. The molecule has 36 heavy (non-hydrogen) atoms. The van der Waals surface area contributed by atoms with Crippen LogP contribution in [0, 0.1) is 12.8 Å². The van der Waals surface area contributed by atoms with E-state index < -0.39 is 17.7 Å². The molecule has 3 aromatic carbocycles. The Labute approximate surface area is 210 Å². The molecular weight excluding hydrogens is 458 g/mol. The Kier molecular flexibility index (Phi) is 7.01. The number of hydrogen-bond donors (Lipinski definition) is 2. The van der Waals surface area contributed by atoms with Crippen LogP contribution in [0.2, 0.25) is 0 Å². The van der Waals surface area contributed by atoms with Gasteiger partial charge in [0.15, 0.2) is 0 Å². The van der Waals surface area contributed by atoms with Crippen LogP contribution in [0.4, 0.5) is 5.69 Å². The topological polar surface area (TPSA) is 96.3 Å². The highest BCUT2D eigenvalue weighted by atomic mass is 16.5. The van der Waals surface area contributed by atoms with Gasteiger partial charge in [0, 0.05) is 11.3 Å². The van der Waals surface area contributed by atoms with Crippen LogP contribution in [0.1, 0.15) is 36.6 Å². The number of nitrogens with zero attached hydrogens (tertiary/aromatic N) is 1. The van der Waals surface area contributed by atoms with Gasteiger partial charge in [-0.15, -0.1) is 0 Å². The number of ketones is 1. The minimum atomic E-state index is -0.892. The Hall–Kier alpha value is -4.26. The molecule has 2 N–H and O–H groups in total. The van der Waals surface area contributed by atoms with Crippen LogP contribution >= 0.6 is 0 Å². The minimum absolute atomic E-state index is 0.0308. The van der Waals surface area contributed by atoms with Crippen LogP contribution < -0.4 is 14.4 Å². The molecule has 186 valence electrons. The van der Waals surface area contributed by atoms with Crippen LogP contribution in [0.25, 0.3) is 5.76 Å². The van der Waals surface area contributed by atoms with Gasteiger partial charge in [0.25, 0.3) is 11.7 Å². The zero-order valence-corrected chi connectivity index (χ0v) is 20.7. The van der Waals surface area contributed by atoms with Crippen molar-refractivity contribution in [2.75, 3.05) is 18.6 Å². The summed E-state index contributed by atoms with van der Waals surface area (Å²) in [5.74, 6) is -0.126. The Bertz CT molecular complexity index is 1310. The molecule has 1 unspecified atom stereocenters. The number of aliphatic hydroxyl groups excluding tert-OH is 1. The zero-order valence-electron chi connectivity index (χ0n) is 20.7. The smallest absolute Gasteiger partial charge is 0.300 e. The molecule has 3 aromatic rings. The Balaban J connectivity index is 1.83. The van der Waals surface area contributed by atoms with Crippen LogP contribution in [0.15, 0.2) is 72.3 Å². The van der Waals surface area contributed by atoms with Crippen molar-refractivity contribution < 1.29 is 29.3 Å². The number of hydrogen-bond acceptors (Lipinski definition) is 6. The van der Waals surface area contributed by atoms with Gasteiger partial charge in [0.2, 0.25) is 0 Å². The summed E-state index contributed by atoms with van der Waals surface area (Å²) in [7, 11) is 1.54. The highest BCUT2D eigenvalue weighted by Gasteiger charge is 2.47. The second-order valence-electron chi connectivity index (χ2n) is 9.14. The van der Waals surface area contributed by atoms with Gasteiger partial charge in [-0.05, 0) is 78.6 Å². The summed E-state index contributed by atoms with van der Waals surface area (Å²) in [6.07, 6.45) is 0. The van der Waals surface area contributed by atoms with E-state index in [9.17, 15) is 19.8 Å². The van der Waals surface area contributed by atoms with Gasteiger partial charge in [-0.1, -0.05) is 26.0 Å². The predicted octanol–water partition coefficient (Wildman–Crippen LogP) is 5.37. The Morgan fingerprint density at radius 1 is 1.00 bits per heavy atom. The zero-order chi connectivity index (χ0) is 26.0. The number of rotatable bonds is 7. The summed E-state index contributed by atoms with van der Waals surface area (Å²) in [5.41, 5.74) is 2.21. The SMILES string of the molecule is COc1ccc(N2C(=O)C(=O)/C(=C(\O)c3ccc(OCC(C)C)c(C)c3)C2c2ccc(O)cc2)cc1. The second-order valence-corrected chi connectivity index (χ2v) is 9.14. The number of methoxy groups -OCH3 is 1. The van der Waals surface area contributed by atoms with Crippen molar-refractivity contribution in [2.45, 2.75) is 26.8 Å². The third-order valence-electron chi connectivity index (χ3n) is 6.02. The van der Waals surface area contributed by atoms with Crippen molar-refractivity contribution in [3.8, 4) is 17.2 Å². The Morgan fingerprint density at radius 3 is 2.25 bits per heavy atom. The van der Waals surface area contributed by atoms with Crippen molar-refractivity contribution in [2.24, 2.45) is 5.92 Å². The first-order chi connectivity index (χ1) is 17.2. The van der Waals surface area contributed by atoms with E-state index in [-0.39, 0.29) is 17.1 Å². The second kappa shape index (κ2) is 10.2. The molecular formula is C29H29NO6. The van der Waals surface area contributed by atoms with Crippen LogP contribution in [0.3, 0.4) is 0 Å². The van der Waals surface area contributed by atoms with Gasteiger partial charge in [-0.2, -0.15) is 0 Å². The lowest BCUT2D eigenvalue weighted by atomic mass is 9.94. The summed E-state index contributed by atoms with van der Waals surface area (Å²) in [6, 6.07) is 17.2. The summed E-state index contributed by atoms with van der Waals surface area (Å²) in [5, 5.41) is 21.1. The monoisotopic (exact) mass is 487 g/mol. The lowest BCUT2D eigenvalue weighted by Crippen LogP contribution is -2.29.